The van der Waals surface area contributed by atoms with Crippen LogP contribution in [-0.4, -0.2) is 23.1 Å². The van der Waals surface area contributed by atoms with E-state index in [4.69, 9.17) is 4.74 Å². The molecule has 82 valence electrons. The third-order valence-electron chi connectivity index (χ3n) is 2.64. The third-order valence-corrected chi connectivity index (χ3v) is 2.64. The number of hydrogen-bond acceptors (Lipinski definition) is 2. The average Bonchev–Trinajstić information content (AvgIpc) is 2.76. The molecule has 1 aromatic heterocycles. The summed E-state index contributed by atoms with van der Waals surface area (Å²) in [6, 6.07) is 0.337. The van der Waals surface area contributed by atoms with Crippen LogP contribution in [0.15, 0.2) is 23.7 Å². The Balaban J connectivity index is 1.99. The summed E-state index contributed by atoms with van der Waals surface area (Å²) in [4.78, 5) is 4.56. The highest BCUT2D eigenvalue weighted by Crippen LogP contribution is 2.13. The number of ether oxygens (including phenoxy) is 1. The van der Waals surface area contributed by atoms with Gasteiger partial charge in [-0.25, -0.2) is 14.1 Å². The van der Waals surface area contributed by atoms with Gasteiger partial charge in [0.15, 0.2) is 6.54 Å². The van der Waals surface area contributed by atoms with E-state index in [1.165, 1.54) is 0 Å². The summed E-state index contributed by atoms with van der Waals surface area (Å²) in [7, 11) is 2.00. The van der Waals surface area contributed by atoms with Gasteiger partial charge in [0, 0.05) is 0 Å². The van der Waals surface area contributed by atoms with Crippen molar-refractivity contribution in [2.75, 3.05) is 6.61 Å². The first-order chi connectivity index (χ1) is 7.15. The average molecular weight is 208 g/mol. The Labute approximate surface area is 90.2 Å². The minimum Gasteiger partial charge on any atom is -0.476 e. The minimum absolute atomic E-state index is 0.337. The monoisotopic (exact) mass is 208 g/mol. The van der Waals surface area contributed by atoms with Crippen molar-refractivity contribution in [3.05, 3.63) is 18.7 Å². The number of hydrogen-bond donors (Lipinski definition) is 0. The van der Waals surface area contributed by atoms with E-state index in [2.05, 4.69) is 23.4 Å². The molecule has 0 fully saturated rings. The van der Waals surface area contributed by atoms with Crippen molar-refractivity contribution in [2.24, 2.45) is 18.0 Å². The zero-order valence-electron chi connectivity index (χ0n) is 9.55. The molecule has 1 aromatic rings. The number of rotatable bonds is 3. The van der Waals surface area contributed by atoms with Crippen LogP contribution in [0, 0.1) is 5.92 Å². The van der Waals surface area contributed by atoms with Crippen molar-refractivity contribution in [3.63, 3.8) is 0 Å². The number of nitrogens with zero attached hydrogens (tertiary/aromatic N) is 3. The van der Waals surface area contributed by atoms with E-state index in [-0.39, 0.29) is 0 Å². The maximum absolute atomic E-state index is 5.56. The Morgan fingerprint density at radius 3 is 3.00 bits per heavy atom. The van der Waals surface area contributed by atoms with Gasteiger partial charge < -0.3 is 4.74 Å². The predicted octanol–water partition coefficient (Wildman–Crippen LogP) is 0.766. The fourth-order valence-corrected chi connectivity index (χ4v) is 1.62. The van der Waals surface area contributed by atoms with Crippen molar-refractivity contribution in [3.8, 4) is 0 Å². The lowest BCUT2D eigenvalue weighted by Crippen LogP contribution is -2.24. The van der Waals surface area contributed by atoms with E-state index in [1.807, 2.05) is 30.3 Å². The summed E-state index contributed by atoms with van der Waals surface area (Å²) in [6.07, 6.45) is 6.05. The molecule has 4 nitrogen and oxygen atoms in total. The van der Waals surface area contributed by atoms with E-state index in [0.29, 0.717) is 12.0 Å². The van der Waals surface area contributed by atoms with Gasteiger partial charge in [-0.1, -0.05) is 13.8 Å². The molecule has 1 atom stereocenters. The van der Waals surface area contributed by atoms with Gasteiger partial charge in [0.05, 0.1) is 13.1 Å². The highest BCUT2D eigenvalue weighted by atomic mass is 16.5. The Bertz CT molecular complexity index is 368. The second-order valence-electron chi connectivity index (χ2n) is 4.40. The van der Waals surface area contributed by atoms with E-state index in [0.717, 1.165) is 19.0 Å². The molecule has 0 N–H and O–H groups in total. The van der Waals surface area contributed by atoms with E-state index in [9.17, 15) is 0 Å². The quantitative estimate of drug-likeness (QED) is 0.675. The number of imidazole rings is 1. The van der Waals surface area contributed by atoms with Crippen LogP contribution >= 0.6 is 0 Å². The standard InChI is InChI=1S/C11H18N3O/c1-9(2)10-7-15-11(12-10)6-14-5-4-13(3)8-14/h4-5,8-10H,6-7H2,1-3H3/q+1/t10-/m1/s1. The van der Waals surface area contributed by atoms with Crippen molar-refractivity contribution in [1.82, 2.24) is 4.57 Å². The summed E-state index contributed by atoms with van der Waals surface area (Å²) in [5, 5.41) is 0. The summed E-state index contributed by atoms with van der Waals surface area (Å²) < 4.78 is 9.64. The maximum atomic E-state index is 5.56. The molecule has 1 aliphatic rings. The van der Waals surface area contributed by atoms with Crippen molar-refractivity contribution < 1.29 is 9.30 Å². The first kappa shape index (κ1) is 10.2. The van der Waals surface area contributed by atoms with Gasteiger partial charge in [-0.3, -0.25) is 0 Å². The zero-order valence-corrected chi connectivity index (χ0v) is 9.55. The number of aromatic nitrogens is 2. The Kier molecular flexibility index (Phi) is 2.75. The van der Waals surface area contributed by atoms with Gasteiger partial charge in [0.1, 0.15) is 19.0 Å². The topological polar surface area (TPSA) is 30.4 Å². The van der Waals surface area contributed by atoms with Gasteiger partial charge in [0.2, 0.25) is 12.2 Å². The Hall–Kier alpha value is -1.32. The maximum Gasteiger partial charge on any atom is 0.243 e. The molecule has 0 bridgehead atoms. The van der Waals surface area contributed by atoms with E-state index < -0.39 is 0 Å². The molecule has 0 aliphatic carbocycles. The number of aryl methyl sites for hydroxylation is 1. The van der Waals surface area contributed by atoms with Gasteiger partial charge in [-0.2, -0.15) is 0 Å². The van der Waals surface area contributed by atoms with Crippen LogP contribution in [0.1, 0.15) is 13.8 Å². The number of aliphatic imine (C=N–C) groups is 1. The zero-order chi connectivity index (χ0) is 10.8. The smallest absolute Gasteiger partial charge is 0.243 e. The molecule has 2 heterocycles. The second kappa shape index (κ2) is 4.04. The molecular formula is C11H18N3O+. The lowest BCUT2D eigenvalue weighted by Gasteiger charge is -2.06. The molecule has 0 aromatic carbocycles. The van der Waals surface area contributed by atoms with Crippen LogP contribution in [-0.2, 0) is 18.3 Å². The molecule has 4 heteroatoms. The van der Waals surface area contributed by atoms with Crippen LogP contribution in [0.3, 0.4) is 0 Å². The largest absolute Gasteiger partial charge is 0.476 e. The van der Waals surface area contributed by atoms with E-state index >= 15 is 0 Å². The van der Waals surface area contributed by atoms with Gasteiger partial charge in [-0.05, 0) is 5.92 Å². The summed E-state index contributed by atoms with van der Waals surface area (Å²) in [6.45, 7) is 5.83. The minimum atomic E-state index is 0.337. The lowest BCUT2D eigenvalue weighted by atomic mass is 10.1. The summed E-state index contributed by atoms with van der Waals surface area (Å²) in [5.41, 5.74) is 0. The van der Waals surface area contributed by atoms with Crippen molar-refractivity contribution >= 4 is 5.90 Å². The molecule has 0 unspecified atom stereocenters. The van der Waals surface area contributed by atoms with Gasteiger partial charge in [-0.15, -0.1) is 0 Å². The Morgan fingerprint density at radius 2 is 2.47 bits per heavy atom. The van der Waals surface area contributed by atoms with Crippen molar-refractivity contribution in [2.45, 2.75) is 26.4 Å². The SMILES string of the molecule is CC(C)[C@H]1COC(Cn2cc[n+](C)c2)=N1. The predicted molar refractivity (Wildman–Crippen MR) is 57.6 cm³/mol. The molecule has 0 radical (unpaired) electrons. The van der Waals surface area contributed by atoms with Crippen LogP contribution in [0.25, 0.3) is 0 Å². The fraction of sp³-hybridized carbons (Fsp3) is 0.636. The fourth-order valence-electron chi connectivity index (χ4n) is 1.62. The van der Waals surface area contributed by atoms with Crippen LogP contribution in [0.4, 0.5) is 0 Å². The highest BCUT2D eigenvalue weighted by Gasteiger charge is 2.22. The normalized spacial score (nSPS) is 20.5. The van der Waals surface area contributed by atoms with Crippen LogP contribution < -0.4 is 4.57 Å². The summed E-state index contributed by atoms with van der Waals surface area (Å²) in [5.74, 6) is 1.41. The first-order valence-electron chi connectivity index (χ1n) is 5.35. The third kappa shape index (κ3) is 2.37. The molecular weight excluding hydrogens is 190 g/mol. The van der Waals surface area contributed by atoms with Gasteiger partial charge >= 0.3 is 0 Å². The Morgan fingerprint density at radius 1 is 1.67 bits per heavy atom. The second-order valence-corrected chi connectivity index (χ2v) is 4.40. The molecule has 2 rings (SSSR count). The molecule has 0 saturated heterocycles. The van der Waals surface area contributed by atoms with Crippen LogP contribution in [0.2, 0.25) is 0 Å². The van der Waals surface area contributed by atoms with Gasteiger partial charge in [0.25, 0.3) is 0 Å². The molecule has 1 aliphatic heterocycles. The highest BCUT2D eigenvalue weighted by molar-refractivity contribution is 5.77. The lowest BCUT2D eigenvalue weighted by molar-refractivity contribution is -0.671. The summed E-state index contributed by atoms with van der Waals surface area (Å²) >= 11 is 0. The van der Waals surface area contributed by atoms with E-state index in [1.54, 1.807) is 0 Å². The molecule has 0 saturated carbocycles. The van der Waals surface area contributed by atoms with Crippen molar-refractivity contribution in [1.29, 1.82) is 0 Å². The molecule has 15 heavy (non-hydrogen) atoms. The van der Waals surface area contributed by atoms with Crippen LogP contribution in [0.5, 0.6) is 0 Å². The molecule has 0 spiro atoms. The molecule has 0 amide bonds. The first-order valence-corrected chi connectivity index (χ1v) is 5.35.